The smallest absolute Gasteiger partial charge is 0.329 e. The molecule has 0 aliphatic heterocycles. The molecule has 0 spiro atoms. The summed E-state index contributed by atoms with van der Waals surface area (Å²) < 4.78 is 5.79. The first-order valence-electron chi connectivity index (χ1n) is 6.23. The molecule has 20 heavy (non-hydrogen) atoms. The third-order valence-electron chi connectivity index (χ3n) is 3.03. The van der Waals surface area contributed by atoms with Crippen molar-refractivity contribution in [2.75, 3.05) is 7.11 Å². The van der Waals surface area contributed by atoms with Crippen molar-refractivity contribution in [3.05, 3.63) is 27.3 Å². The lowest BCUT2D eigenvalue weighted by Crippen LogP contribution is -2.52. The molecule has 5 nitrogen and oxygen atoms in total. The average Bonchev–Trinajstić information content (AvgIpc) is 2.38. The number of ether oxygens (including phenoxy) is 1. The molecule has 0 fully saturated rings. The summed E-state index contributed by atoms with van der Waals surface area (Å²) in [5.41, 5.74) is -0.815. The van der Waals surface area contributed by atoms with Crippen LogP contribution < -0.4 is 10.1 Å². The molecule has 1 aromatic carbocycles. The summed E-state index contributed by atoms with van der Waals surface area (Å²) in [6.45, 7) is 3.40. The van der Waals surface area contributed by atoms with Gasteiger partial charge in [-0.15, -0.1) is 0 Å². The number of methoxy groups -OCH3 is 1. The van der Waals surface area contributed by atoms with E-state index in [0.29, 0.717) is 27.7 Å². The maximum absolute atomic E-state index is 12.2. The van der Waals surface area contributed by atoms with E-state index in [1.165, 1.54) is 6.92 Å². The summed E-state index contributed by atoms with van der Waals surface area (Å²) in [4.78, 5) is 23.6. The molecule has 0 heterocycles. The first-order chi connectivity index (χ1) is 9.34. The zero-order chi connectivity index (χ0) is 15.3. The predicted molar refractivity (Wildman–Crippen MR) is 84.1 cm³/mol. The van der Waals surface area contributed by atoms with Gasteiger partial charge in [0, 0.05) is 3.57 Å². The van der Waals surface area contributed by atoms with Crippen molar-refractivity contribution in [3.8, 4) is 5.75 Å². The highest BCUT2D eigenvalue weighted by Crippen LogP contribution is 2.21. The largest absolute Gasteiger partial charge is 0.497 e. The molecule has 0 saturated carbocycles. The number of hydrogen-bond donors (Lipinski definition) is 2. The second-order valence-corrected chi connectivity index (χ2v) is 5.85. The predicted octanol–water partition coefficient (Wildman–Crippen LogP) is 2.67. The van der Waals surface area contributed by atoms with Gasteiger partial charge >= 0.3 is 5.97 Å². The molecule has 6 heteroatoms. The molecule has 0 aliphatic carbocycles. The number of nitrogens with one attached hydrogen (secondary N) is 1. The number of benzene rings is 1. The highest BCUT2D eigenvalue weighted by Gasteiger charge is 2.34. The van der Waals surface area contributed by atoms with Crippen molar-refractivity contribution in [1.82, 2.24) is 5.32 Å². The lowest BCUT2D eigenvalue weighted by molar-refractivity contribution is -0.144. The Morgan fingerprint density at radius 1 is 1.45 bits per heavy atom. The van der Waals surface area contributed by atoms with Gasteiger partial charge in [-0.3, -0.25) is 4.79 Å². The van der Waals surface area contributed by atoms with Crippen LogP contribution in [0.2, 0.25) is 0 Å². The van der Waals surface area contributed by atoms with Gasteiger partial charge < -0.3 is 15.2 Å². The van der Waals surface area contributed by atoms with Gasteiger partial charge in [-0.25, -0.2) is 4.79 Å². The van der Waals surface area contributed by atoms with Gasteiger partial charge in [0.15, 0.2) is 0 Å². The maximum atomic E-state index is 12.2. The molecule has 110 valence electrons. The monoisotopic (exact) mass is 391 g/mol. The Morgan fingerprint density at radius 2 is 2.10 bits per heavy atom. The topological polar surface area (TPSA) is 75.6 Å². The molecule has 0 saturated heterocycles. The van der Waals surface area contributed by atoms with Crippen LogP contribution >= 0.6 is 22.6 Å². The van der Waals surface area contributed by atoms with Crippen molar-refractivity contribution in [2.24, 2.45) is 0 Å². The molecular weight excluding hydrogens is 373 g/mol. The Morgan fingerprint density at radius 3 is 2.55 bits per heavy atom. The molecule has 1 unspecified atom stereocenters. The molecular formula is C14H18INO4. The Hall–Kier alpha value is -1.31. The maximum Gasteiger partial charge on any atom is 0.329 e. The summed E-state index contributed by atoms with van der Waals surface area (Å²) in [6.07, 6.45) is 1.05. The van der Waals surface area contributed by atoms with E-state index in [0.717, 1.165) is 0 Å². The van der Waals surface area contributed by atoms with E-state index < -0.39 is 17.4 Å². The second kappa shape index (κ2) is 6.92. The minimum Gasteiger partial charge on any atom is -0.497 e. The fourth-order valence-corrected chi connectivity index (χ4v) is 2.58. The third-order valence-corrected chi connectivity index (χ3v) is 3.92. The van der Waals surface area contributed by atoms with Crippen LogP contribution in [0.15, 0.2) is 18.2 Å². The van der Waals surface area contributed by atoms with Crippen LogP contribution in [0.1, 0.15) is 37.0 Å². The standard InChI is InChI=1S/C14H18INO4/c1-4-7-14(2,13(18)19)16-12(17)10-6-5-9(20-3)8-11(10)15/h5-6,8H,4,7H2,1-3H3,(H,16,17)(H,18,19). The lowest BCUT2D eigenvalue weighted by Gasteiger charge is -2.26. The lowest BCUT2D eigenvalue weighted by atomic mass is 9.95. The minimum absolute atomic E-state index is 0.376. The van der Waals surface area contributed by atoms with Gasteiger partial charge in [0.05, 0.1) is 12.7 Å². The van der Waals surface area contributed by atoms with E-state index in [1.807, 2.05) is 29.5 Å². The zero-order valence-electron chi connectivity index (χ0n) is 11.7. The van der Waals surface area contributed by atoms with E-state index in [4.69, 9.17) is 4.74 Å². The van der Waals surface area contributed by atoms with Crippen molar-refractivity contribution in [1.29, 1.82) is 0 Å². The quantitative estimate of drug-likeness (QED) is 0.732. The van der Waals surface area contributed by atoms with Crippen LogP contribution in [-0.4, -0.2) is 29.6 Å². The summed E-state index contributed by atoms with van der Waals surface area (Å²) >= 11 is 2.03. The number of halogens is 1. The van der Waals surface area contributed by atoms with E-state index in [1.54, 1.807) is 25.3 Å². The number of amides is 1. The van der Waals surface area contributed by atoms with Crippen molar-refractivity contribution < 1.29 is 19.4 Å². The molecule has 1 rings (SSSR count). The van der Waals surface area contributed by atoms with Crippen LogP contribution in [0.3, 0.4) is 0 Å². The van der Waals surface area contributed by atoms with Crippen LogP contribution in [0.4, 0.5) is 0 Å². The van der Waals surface area contributed by atoms with Crippen molar-refractivity contribution in [3.63, 3.8) is 0 Å². The van der Waals surface area contributed by atoms with Gasteiger partial charge in [-0.05, 0) is 54.1 Å². The fourth-order valence-electron chi connectivity index (χ4n) is 1.85. The second-order valence-electron chi connectivity index (χ2n) is 4.69. The van der Waals surface area contributed by atoms with E-state index >= 15 is 0 Å². The van der Waals surface area contributed by atoms with Gasteiger partial charge in [-0.1, -0.05) is 13.3 Å². The van der Waals surface area contributed by atoms with E-state index in [2.05, 4.69) is 5.32 Å². The van der Waals surface area contributed by atoms with Crippen molar-refractivity contribution >= 4 is 34.5 Å². The first kappa shape index (κ1) is 16.7. The van der Waals surface area contributed by atoms with Crippen LogP contribution in [0.5, 0.6) is 5.75 Å². The van der Waals surface area contributed by atoms with Gasteiger partial charge in [0.25, 0.3) is 5.91 Å². The SMILES string of the molecule is CCCC(C)(NC(=O)c1ccc(OC)cc1I)C(=O)O. The van der Waals surface area contributed by atoms with Crippen LogP contribution in [0, 0.1) is 3.57 Å². The van der Waals surface area contributed by atoms with Crippen LogP contribution in [-0.2, 0) is 4.79 Å². The summed E-state index contributed by atoms with van der Waals surface area (Å²) in [5.74, 6) is -0.771. The molecule has 2 N–H and O–H groups in total. The number of hydrogen-bond acceptors (Lipinski definition) is 3. The minimum atomic E-state index is -1.26. The normalized spacial score (nSPS) is 13.4. The van der Waals surface area contributed by atoms with E-state index in [9.17, 15) is 14.7 Å². The summed E-state index contributed by atoms with van der Waals surface area (Å²) in [5, 5.41) is 11.9. The fraction of sp³-hybridized carbons (Fsp3) is 0.429. The Bertz CT molecular complexity index is 518. The zero-order valence-corrected chi connectivity index (χ0v) is 13.9. The first-order valence-corrected chi connectivity index (χ1v) is 7.31. The number of carboxylic acids is 1. The number of carboxylic acid groups (broad SMARTS) is 1. The number of aliphatic carboxylic acids is 1. The highest BCUT2D eigenvalue weighted by molar-refractivity contribution is 14.1. The Kier molecular flexibility index (Phi) is 5.79. The molecule has 1 amide bonds. The Balaban J connectivity index is 2.98. The molecule has 0 aliphatic rings. The number of carbonyl (C=O) groups excluding carboxylic acids is 1. The molecule has 0 aromatic heterocycles. The average molecular weight is 391 g/mol. The van der Waals surface area contributed by atoms with E-state index in [-0.39, 0.29) is 0 Å². The third kappa shape index (κ3) is 3.84. The molecule has 1 aromatic rings. The van der Waals surface area contributed by atoms with Gasteiger partial charge in [0.1, 0.15) is 11.3 Å². The molecule has 1 atom stereocenters. The molecule has 0 radical (unpaired) electrons. The van der Waals surface area contributed by atoms with Gasteiger partial charge in [-0.2, -0.15) is 0 Å². The van der Waals surface area contributed by atoms with Crippen LogP contribution in [0.25, 0.3) is 0 Å². The van der Waals surface area contributed by atoms with Crippen molar-refractivity contribution in [2.45, 2.75) is 32.2 Å². The summed E-state index contributed by atoms with van der Waals surface area (Å²) in [7, 11) is 1.55. The highest BCUT2D eigenvalue weighted by atomic mass is 127. The number of carbonyl (C=O) groups is 2. The Labute approximate surface area is 131 Å². The molecule has 0 bridgehead atoms. The summed E-state index contributed by atoms with van der Waals surface area (Å²) in [6, 6.07) is 5.03. The van der Waals surface area contributed by atoms with Gasteiger partial charge in [0.2, 0.25) is 0 Å². The number of rotatable bonds is 6.